The van der Waals surface area contributed by atoms with E-state index < -0.39 is 0 Å². The molecule has 0 saturated carbocycles. The van der Waals surface area contributed by atoms with Crippen molar-refractivity contribution in [1.82, 2.24) is 19.6 Å². The highest BCUT2D eigenvalue weighted by molar-refractivity contribution is 6.31. The maximum absolute atomic E-state index is 6.03. The fraction of sp³-hybridized carbons (Fsp3) is 0. The summed E-state index contributed by atoms with van der Waals surface area (Å²) < 4.78 is 1.75. The van der Waals surface area contributed by atoms with Crippen LogP contribution in [0.3, 0.4) is 0 Å². The molecule has 3 aromatic heterocycles. The number of nitrogens with zero attached hydrogens (tertiary/aromatic N) is 4. The number of rotatable bonds is 1. The fourth-order valence-corrected chi connectivity index (χ4v) is 1.82. The summed E-state index contributed by atoms with van der Waals surface area (Å²) in [7, 11) is 0. The molecule has 3 heterocycles. The summed E-state index contributed by atoms with van der Waals surface area (Å²) in [6.45, 7) is 0. The lowest BCUT2D eigenvalue weighted by atomic mass is 10.2. The van der Waals surface area contributed by atoms with Gasteiger partial charge in [0.25, 0.3) is 0 Å². The number of fused-ring (bicyclic) bond motifs is 1. The Bertz CT molecular complexity index is 633. The van der Waals surface area contributed by atoms with Gasteiger partial charge >= 0.3 is 0 Å². The van der Waals surface area contributed by atoms with Crippen molar-refractivity contribution in [1.29, 1.82) is 0 Å². The molecular formula is C11H7ClN4. The molecule has 0 unspecified atom stereocenters. The second-order valence-electron chi connectivity index (χ2n) is 3.32. The lowest BCUT2D eigenvalue weighted by Gasteiger charge is -2.04. The minimum atomic E-state index is 0.646. The van der Waals surface area contributed by atoms with Crippen molar-refractivity contribution in [2.75, 3.05) is 0 Å². The zero-order chi connectivity index (χ0) is 11.0. The van der Waals surface area contributed by atoms with Crippen LogP contribution in [0.1, 0.15) is 0 Å². The summed E-state index contributed by atoms with van der Waals surface area (Å²) in [4.78, 5) is 8.10. The Morgan fingerprint density at radius 1 is 1.12 bits per heavy atom. The summed E-state index contributed by atoms with van der Waals surface area (Å²) in [5.41, 5.74) is 2.65. The van der Waals surface area contributed by atoms with E-state index in [0.717, 1.165) is 16.9 Å². The molecule has 4 nitrogen and oxygen atoms in total. The van der Waals surface area contributed by atoms with Crippen molar-refractivity contribution < 1.29 is 0 Å². The van der Waals surface area contributed by atoms with Gasteiger partial charge < -0.3 is 0 Å². The molecule has 0 aromatic carbocycles. The Labute approximate surface area is 96.5 Å². The van der Waals surface area contributed by atoms with Gasteiger partial charge in [-0.05, 0) is 18.2 Å². The van der Waals surface area contributed by atoms with Gasteiger partial charge in [-0.25, -0.2) is 9.50 Å². The average molecular weight is 231 g/mol. The third kappa shape index (κ3) is 1.44. The van der Waals surface area contributed by atoms with E-state index in [1.165, 1.54) is 6.33 Å². The van der Waals surface area contributed by atoms with Crippen LogP contribution in [0, 0.1) is 0 Å². The molecule has 0 fully saturated rings. The largest absolute Gasteiger partial charge is 0.265 e. The van der Waals surface area contributed by atoms with Crippen molar-refractivity contribution in [3.63, 3.8) is 0 Å². The smallest absolute Gasteiger partial charge is 0.157 e. The lowest BCUT2D eigenvalue weighted by molar-refractivity contribution is 0.969. The monoisotopic (exact) mass is 230 g/mol. The van der Waals surface area contributed by atoms with Crippen LogP contribution in [0.5, 0.6) is 0 Å². The maximum atomic E-state index is 6.03. The topological polar surface area (TPSA) is 43.1 Å². The van der Waals surface area contributed by atoms with Gasteiger partial charge in [0.05, 0.1) is 5.69 Å². The highest BCUT2D eigenvalue weighted by atomic mass is 35.5. The van der Waals surface area contributed by atoms with E-state index in [1.807, 2.05) is 18.2 Å². The van der Waals surface area contributed by atoms with E-state index in [2.05, 4.69) is 15.1 Å². The third-order valence-electron chi connectivity index (χ3n) is 2.32. The molecule has 0 bridgehead atoms. The van der Waals surface area contributed by atoms with Crippen LogP contribution in [-0.2, 0) is 0 Å². The van der Waals surface area contributed by atoms with Crippen LogP contribution in [-0.4, -0.2) is 19.6 Å². The van der Waals surface area contributed by atoms with Gasteiger partial charge in [-0.15, -0.1) is 0 Å². The van der Waals surface area contributed by atoms with Crippen LogP contribution in [0.15, 0.2) is 43.0 Å². The van der Waals surface area contributed by atoms with E-state index in [9.17, 15) is 0 Å². The first kappa shape index (κ1) is 9.30. The van der Waals surface area contributed by atoms with E-state index >= 15 is 0 Å². The number of hydrogen-bond acceptors (Lipinski definition) is 3. The molecule has 0 N–H and O–H groups in total. The molecule has 0 amide bonds. The van der Waals surface area contributed by atoms with Crippen LogP contribution >= 0.6 is 11.6 Å². The van der Waals surface area contributed by atoms with E-state index in [-0.39, 0.29) is 0 Å². The zero-order valence-corrected chi connectivity index (χ0v) is 8.96. The van der Waals surface area contributed by atoms with Gasteiger partial charge in [0.2, 0.25) is 0 Å². The molecule has 0 radical (unpaired) electrons. The quantitative estimate of drug-likeness (QED) is 0.645. The van der Waals surface area contributed by atoms with Gasteiger partial charge in [-0.1, -0.05) is 11.6 Å². The normalized spacial score (nSPS) is 10.8. The van der Waals surface area contributed by atoms with Crippen LogP contribution in [0.25, 0.3) is 16.9 Å². The van der Waals surface area contributed by atoms with Gasteiger partial charge in [-0.3, -0.25) is 4.98 Å². The molecule has 78 valence electrons. The number of pyridine rings is 2. The van der Waals surface area contributed by atoms with Crippen LogP contribution in [0.4, 0.5) is 0 Å². The van der Waals surface area contributed by atoms with Crippen molar-refractivity contribution in [3.8, 4) is 11.3 Å². The van der Waals surface area contributed by atoms with Crippen LogP contribution in [0.2, 0.25) is 5.02 Å². The average Bonchev–Trinajstić information content (AvgIpc) is 2.77. The first-order valence-corrected chi connectivity index (χ1v) is 5.12. The highest BCUT2D eigenvalue weighted by Crippen LogP contribution is 2.23. The number of aromatic nitrogens is 4. The second kappa shape index (κ2) is 3.57. The van der Waals surface area contributed by atoms with Crippen molar-refractivity contribution >= 4 is 17.2 Å². The van der Waals surface area contributed by atoms with Crippen molar-refractivity contribution in [2.24, 2.45) is 0 Å². The minimum absolute atomic E-state index is 0.646. The van der Waals surface area contributed by atoms with Crippen molar-refractivity contribution in [3.05, 3.63) is 48.0 Å². The standard InChI is InChI=1S/C11H7ClN4/c12-9-5-10(8-1-3-13-4-2-8)16-11(6-9)14-7-15-16/h1-7H. The van der Waals surface area contributed by atoms with Gasteiger partial charge in [0, 0.05) is 29.0 Å². The first-order valence-electron chi connectivity index (χ1n) is 4.74. The summed E-state index contributed by atoms with van der Waals surface area (Å²) >= 11 is 6.03. The molecule has 3 aromatic rings. The Morgan fingerprint density at radius 3 is 2.75 bits per heavy atom. The predicted molar refractivity (Wildman–Crippen MR) is 61.2 cm³/mol. The Balaban J connectivity index is 2.34. The predicted octanol–water partition coefficient (Wildman–Crippen LogP) is 2.44. The number of halogens is 1. The SMILES string of the molecule is Clc1cc(-c2ccncc2)n2ncnc2c1. The lowest BCUT2D eigenvalue weighted by Crippen LogP contribution is -1.94. The summed E-state index contributed by atoms with van der Waals surface area (Å²) in [5.74, 6) is 0. The Morgan fingerprint density at radius 2 is 1.94 bits per heavy atom. The Hall–Kier alpha value is -1.94. The molecular weight excluding hydrogens is 224 g/mol. The highest BCUT2D eigenvalue weighted by Gasteiger charge is 2.06. The fourth-order valence-electron chi connectivity index (χ4n) is 1.62. The van der Waals surface area contributed by atoms with Gasteiger partial charge in [0.15, 0.2) is 5.65 Å². The molecule has 16 heavy (non-hydrogen) atoms. The molecule has 3 rings (SSSR count). The van der Waals surface area contributed by atoms with E-state index in [0.29, 0.717) is 5.02 Å². The molecule has 5 heteroatoms. The van der Waals surface area contributed by atoms with Gasteiger partial charge in [-0.2, -0.15) is 5.10 Å². The summed E-state index contributed by atoms with van der Waals surface area (Å²) in [5, 5.41) is 4.81. The molecule has 0 aliphatic rings. The summed E-state index contributed by atoms with van der Waals surface area (Å²) in [6.07, 6.45) is 4.98. The van der Waals surface area contributed by atoms with Crippen LogP contribution < -0.4 is 0 Å². The second-order valence-corrected chi connectivity index (χ2v) is 3.76. The molecule has 0 atom stereocenters. The minimum Gasteiger partial charge on any atom is -0.265 e. The third-order valence-corrected chi connectivity index (χ3v) is 2.54. The zero-order valence-electron chi connectivity index (χ0n) is 8.21. The maximum Gasteiger partial charge on any atom is 0.157 e. The summed E-state index contributed by atoms with van der Waals surface area (Å²) in [6, 6.07) is 7.46. The van der Waals surface area contributed by atoms with Gasteiger partial charge in [0.1, 0.15) is 6.33 Å². The van der Waals surface area contributed by atoms with E-state index in [4.69, 9.17) is 11.6 Å². The molecule has 0 spiro atoms. The molecule has 0 aliphatic carbocycles. The van der Waals surface area contributed by atoms with E-state index in [1.54, 1.807) is 23.0 Å². The van der Waals surface area contributed by atoms with Crippen molar-refractivity contribution in [2.45, 2.75) is 0 Å². The Kier molecular flexibility index (Phi) is 2.08. The molecule has 0 saturated heterocycles. The molecule has 0 aliphatic heterocycles. The number of hydrogen-bond donors (Lipinski definition) is 0. The first-order chi connectivity index (χ1) is 7.84.